The number of anilines is 1. The quantitative estimate of drug-likeness (QED) is 0.620. The Morgan fingerprint density at radius 2 is 1.75 bits per heavy atom. The highest BCUT2D eigenvalue weighted by Gasteiger charge is 2.20. The average Bonchev–Trinajstić information content (AvgIpc) is 3.29. The fourth-order valence-electron chi connectivity index (χ4n) is 3.99. The number of hydrogen-bond acceptors (Lipinski definition) is 5. The number of benzene rings is 1. The van der Waals surface area contributed by atoms with E-state index >= 15 is 0 Å². The molecule has 28 heavy (non-hydrogen) atoms. The largest absolute Gasteiger partial charge is 0.370 e. The standard InChI is InChI=1S/C21H30N6S/c22-20(26-11-13-27(14-12-26)21-23-8-15-28-21)24-16-18-6-2-3-7-19(18)17-25-9-4-1-5-10-25/h2-3,6-8,15H,1,4-5,9-14,16-17H2,(H2,22,24). The summed E-state index contributed by atoms with van der Waals surface area (Å²) in [5.41, 5.74) is 9.00. The molecule has 0 aliphatic carbocycles. The minimum atomic E-state index is 0.655. The summed E-state index contributed by atoms with van der Waals surface area (Å²) < 4.78 is 0. The molecule has 6 nitrogen and oxygen atoms in total. The van der Waals surface area contributed by atoms with Crippen LogP contribution in [0.15, 0.2) is 40.8 Å². The van der Waals surface area contributed by atoms with Crippen molar-refractivity contribution in [1.82, 2.24) is 14.8 Å². The van der Waals surface area contributed by atoms with E-state index in [2.05, 4.69) is 43.9 Å². The number of guanidine groups is 1. The Kier molecular flexibility index (Phi) is 6.44. The van der Waals surface area contributed by atoms with E-state index in [9.17, 15) is 0 Å². The van der Waals surface area contributed by atoms with E-state index in [1.165, 1.54) is 43.5 Å². The molecule has 0 unspecified atom stereocenters. The van der Waals surface area contributed by atoms with Crippen LogP contribution in [-0.4, -0.2) is 60.0 Å². The third-order valence-electron chi connectivity index (χ3n) is 5.67. The van der Waals surface area contributed by atoms with Crippen LogP contribution in [-0.2, 0) is 13.1 Å². The van der Waals surface area contributed by atoms with Gasteiger partial charge in [0.25, 0.3) is 0 Å². The molecule has 2 fully saturated rings. The van der Waals surface area contributed by atoms with Crippen molar-refractivity contribution < 1.29 is 0 Å². The number of nitrogens with two attached hydrogens (primary N) is 1. The minimum absolute atomic E-state index is 0.655. The maximum atomic E-state index is 6.33. The van der Waals surface area contributed by atoms with E-state index in [0.29, 0.717) is 12.5 Å². The summed E-state index contributed by atoms with van der Waals surface area (Å²) >= 11 is 1.69. The lowest BCUT2D eigenvalue weighted by Gasteiger charge is -2.35. The van der Waals surface area contributed by atoms with Gasteiger partial charge in [-0.3, -0.25) is 4.90 Å². The Morgan fingerprint density at radius 1 is 1.00 bits per heavy atom. The first kappa shape index (κ1) is 19.2. The smallest absolute Gasteiger partial charge is 0.191 e. The van der Waals surface area contributed by atoms with E-state index in [-0.39, 0.29) is 0 Å². The molecule has 7 heteroatoms. The number of thiazole rings is 1. The summed E-state index contributed by atoms with van der Waals surface area (Å²) in [7, 11) is 0. The molecule has 0 spiro atoms. The van der Waals surface area contributed by atoms with Crippen molar-refractivity contribution in [3.63, 3.8) is 0 Å². The van der Waals surface area contributed by atoms with Crippen LogP contribution in [0.3, 0.4) is 0 Å². The SMILES string of the molecule is NC(=NCc1ccccc1CN1CCCCC1)N1CCN(c2nccs2)CC1. The number of nitrogens with zero attached hydrogens (tertiary/aromatic N) is 5. The summed E-state index contributed by atoms with van der Waals surface area (Å²) in [4.78, 5) is 16.2. The lowest BCUT2D eigenvalue weighted by atomic mass is 10.1. The second-order valence-corrected chi connectivity index (χ2v) is 8.44. The zero-order valence-electron chi connectivity index (χ0n) is 16.5. The van der Waals surface area contributed by atoms with Gasteiger partial charge in [0.15, 0.2) is 11.1 Å². The van der Waals surface area contributed by atoms with Crippen molar-refractivity contribution in [2.45, 2.75) is 32.4 Å². The van der Waals surface area contributed by atoms with Crippen LogP contribution in [0.2, 0.25) is 0 Å². The van der Waals surface area contributed by atoms with Crippen LogP contribution < -0.4 is 10.6 Å². The topological polar surface area (TPSA) is 61.0 Å². The fourth-order valence-corrected chi connectivity index (χ4v) is 4.69. The lowest BCUT2D eigenvalue weighted by Crippen LogP contribution is -2.51. The second kappa shape index (κ2) is 9.39. The molecule has 4 rings (SSSR count). The summed E-state index contributed by atoms with van der Waals surface area (Å²) in [6, 6.07) is 8.67. The number of likely N-dealkylation sites (tertiary alicyclic amines) is 1. The molecule has 3 heterocycles. The maximum Gasteiger partial charge on any atom is 0.191 e. The summed E-state index contributed by atoms with van der Waals surface area (Å²) in [6.07, 6.45) is 5.87. The Balaban J connectivity index is 1.33. The molecule has 2 saturated heterocycles. The van der Waals surface area contributed by atoms with Gasteiger partial charge in [-0.05, 0) is 37.1 Å². The highest BCUT2D eigenvalue weighted by molar-refractivity contribution is 7.13. The van der Waals surface area contributed by atoms with Crippen LogP contribution >= 0.6 is 11.3 Å². The molecule has 0 amide bonds. The predicted octanol–water partition coefficient (Wildman–Crippen LogP) is 2.77. The van der Waals surface area contributed by atoms with Crippen molar-refractivity contribution in [1.29, 1.82) is 0 Å². The Hall–Kier alpha value is -2.12. The molecule has 2 aliphatic heterocycles. The number of rotatable bonds is 5. The normalized spacial score (nSPS) is 19.2. The van der Waals surface area contributed by atoms with Crippen molar-refractivity contribution in [2.75, 3.05) is 44.2 Å². The van der Waals surface area contributed by atoms with E-state index < -0.39 is 0 Å². The van der Waals surface area contributed by atoms with Gasteiger partial charge in [0.2, 0.25) is 0 Å². The summed E-state index contributed by atoms with van der Waals surface area (Å²) in [5.74, 6) is 0.659. The average molecular weight is 399 g/mol. The number of hydrogen-bond donors (Lipinski definition) is 1. The Labute approximate surface area is 171 Å². The molecule has 150 valence electrons. The maximum absolute atomic E-state index is 6.33. The highest BCUT2D eigenvalue weighted by Crippen LogP contribution is 2.19. The summed E-state index contributed by atoms with van der Waals surface area (Å²) in [5, 5.41) is 3.13. The van der Waals surface area contributed by atoms with Gasteiger partial charge in [-0.25, -0.2) is 9.98 Å². The minimum Gasteiger partial charge on any atom is -0.370 e. The number of aromatic nitrogens is 1. The Morgan fingerprint density at radius 3 is 2.46 bits per heavy atom. The first-order valence-electron chi connectivity index (χ1n) is 10.3. The second-order valence-electron chi connectivity index (χ2n) is 7.57. The lowest BCUT2D eigenvalue weighted by molar-refractivity contribution is 0.220. The zero-order chi connectivity index (χ0) is 19.2. The van der Waals surface area contributed by atoms with Crippen LogP contribution in [0.5, 0.6) is 0 Å². The fraction of sp³-hybridized carbons (Fsp3) is 0.524. The van der Waals surface area contributed by atoms with Gasteiger partial charge in [-0.1, -0.05) is 30.7 Å². The van der Waals surface area contributed by atoms with Crippen molar-refractivity contribution in [3.8, 4) is 0 Å². The summed E-state index contributed by atoms with van der Waals surface area (Å²) in [6.45, 7) is 7.77. The number of piperidine rings is 1. The van der Waals surface area contributed by atoms with Crippen LogP contribution in [0.4, 0.5) is 5.13 Å². The molecule has 1 aromatic carbocycles. The molecule has 0 saturated carbocycles. The molecule has 1 aromatic heterocycles. The molecule has 0 radical (unpaired) electrons. The van der Waals surface area contributed by atoms with Gasteiger partial charge in [0.1, 0.15) is 0 Å². The molecular formula is C21H30N6S. The van der Waals surface area contributed by atoms with Gasteiger partial charge in [-0.15, -0.1) is 11.3 Å². The first-order chi connectivity index (χ1) is 13.8. The third kappa shape index (κ3) is 4.83. The van der Waals surface area contributed by atoms with E-state index in [4.69, 9.17) is 10.7 Å². The predicted molar refractivity (Wildman–Crippen MR) is 117 cm³/mol. The molecular weight excluding hydrogens is 368 g/mol. The molecule has 2 N–H and O–H groups in total. The number of piperazine rings is 1. The van der Waals surface area contributed by atoms with Crippen LogP contribution in [0.1, 0.15) is 30.4 Å². The van der Waals surface area contributed by atoms with Crippen molar-refractivity contribution in [3.05, 3.63) is 47.0 Å². The molecule has 0 bridgehead atoms. The van der Waals surface area contributed by atoms with E-state index in [1.54, 1.807) is 11.3 Å². The van der Waals surface area contributed by atoms with Crippen molar-refractivity contribution >= 4 is 22.4 Å². The molecule has 0 atom stereocenters. The highest BCUT2D eigenvalue weighted by atomic mass is 32.1. The van der Waals surface area contributed by atoms with Crippen LogP contribution in [0, 0.1) is 0 Å². The zero-order valence-corrected chi connectivity index (χ0v) is 17.3. The first-order valence-corrected chi connectivity index (χ1v) is 11.2. The Bertz CT molecular complexity index is 761. The third-order valence-corrected chi connectivity index (χ3v) is 6.50. The molecule has 2 aromatic rings. The van der Waals surface area contributed by atoms with Crippen molar-refractivity contribution in [2.24, 2.45) is 10.7 Å². The van der Waals surface area contributed by atoms with Gasteiger partial charge in [0, 0.05) is 44.3 Å². The van der Waals surface area contributed by atoms with Gasteiger partial charge in [0.05, 0.1) is 6.54 Å². The van der Waals surface area contributed by atoms with E-state index in [0.717, 1.165) is 37.9 Å². The van der Waals surface area contributed by atoms with Crippen LogP contribution in [0.25, 0.3) is 0 Å². The van der Waals surface area contributed by atoms with Gasteiger partial charge < -0.3 is 15.5 Å². The van der Waals surface area contributed by atoms with Gasteiger partial charge >= 0.3 is 0 Å². The number of aliphatic imine (C=N–C) groups is 1. The molecule has 2 aliphatic rings. The van der Waals surface area contributed by atoms with Gasteiger partial charge in [-0.2, -0.15) is 0 Å². The van der Waals surface area contributed by atoms with E-state index in [1.807, 2.05) is 11.6 Å². The monoisotopic (exact) mass is 398 g/mol.